The molecule has 12 nitrogen and oxygen atoms in total. The predicted molar refractivity (Wildman–Crippen MR) is 74.2 cm³/mol. The number of carbonyl (C=O) groups excluding carboxylic acids is 6. The molecule has 0 heterocycles. The van der Waals surface area contributed by atoms with Crippen LogP contribution in [-0.2, 0) is 47.7 Å². The van der Waals surface area contributed by atoms with Gasteiger partial charge in [0.2, 0.25) is 12.2 Å². The first-order chi connectivity index (χ1) is 12.0. The molecular weight excluding hydrogens is 438 g/mol. The van der Waals surface area contributed by atoms with Crippen molar-refractivity contribution in [1.82, 2.24) is 0 Å². The molecule has 0 radical (unpaired) electrons. The van der Waals surface area contributed by atoms with Crippen molar-refractivity contribution in [3.8, 4) is 0 Å². The van der Waals surface area contributed by atoms with E-state index >= 15 is 0 Å². The molecule has 0 spiro atoms. The van der Waals surface area contributed by atoms with Gasteiger partial charge in [-0.05, 0) is 0 Å². The number of hydrogen-bond acceptors (Lipinski definition) is 12. The van der Waals surface area contributed by atoms with Crippen molar-refractivity contribution in [3.63, 3.8) is 0 Å². The Labute approximate surface area is 244 Å². The predicted octanol–water partition coefficient (Wildman–Crippen LogP) is -9.98. The van der Waals surface area contributed by atoms with Gasteiger partial charge in [0.25, 0.3) is 0 Å². The van der Waals surface area contributed by atoms with Gasteiger partial charge in [0.1, 0.15) is 0 Å². The minimum Gasteiger partial charge on any atom is -0.545 e. The topological polar surface area (TPSA) is 185 Å². The maximum atomic E-state index is 10.7. The van der Waals surface area contributed by atoms with Gasteiger partial charge < -0.3 is 38.7 Å². The van der Waals surface area contributed by atoms with Crippen LogP contribution in [0.5, 0.6) is 0 Å². The number of aliphatic carboxylic acids is 2. The quantitative estimate of drug-likeness (QED) is 0.111. The zero-order valence-corrected chi connectivity index (χ0v) is 21.9. The Kier molecular flexibility index (Phi) is 24.9. The monoisotopic (exact) mass is 452 g/mol. The van der Waals surface area contributed by atoms with E-state index < -0.39 is 48.0 Å². The molecule has 0 aliphatic heterocycles. The summed E-state index contributed by atoms with van der Waals surface area (Å²) in [4.78, 5) is 62.8. The summed E-state index contributed by atoms with van der Waals surface area (Å²) in [7, 11) is 1.92. The maximum absolute atomic E-state index is 10.7. The molecule has 0 amide bonds. The van der Waals surface area contributed by atoms with Gasteiger partial charge in [-0.1, -0.05) is 13.2 Å². The van der Waals surface area contributed by atoms with Crippen molar-refractivity contribution in [2.24, 2.45) is 0 Å². The third-order valence-electron chi connectivity index (χ3n) is 2.06. The zero-order chi connectivity index (χ0) is 20.9. The van der Waals surface area contributed by atoms with Crippen LogP contribution in [0, 0.1) is 0 Å². The van der Waals surface area contributed by atoms with Crippen LogP contribution in [0.1, 0.15) is 0 Å². The first kappa shape index (κ1) is 35.0. The molecule has 0 saturated heterocycles. The second-order valence-corrected chi connectivity index (χ2v) is 3.73. The Morgan fingerprint density at radius 3 is 1.11 bits per heavy atom. The molecule has 0 bridgehead atoms. The molecule has 144 valence electrons. The normalized spacial score (nSPS) is 10.4. The zero-order valence-electron chi connectivity index (χ0n) is 15.6. The number of carbonyl (C=O) groups is 6. The fraction of sp³-hybridized carbons (Fsp3) is 0.286. The molecule has 0 fully saturated rings. The van der Waals surface area contributed by atoms with Crippen molar-refractivity contribution in [3.05, 3.63) is 25.3 Å². The molecule has 0 aromatic heterocycles. The summed E-state index contributed by atoms with van der Waals surface area (Å²) >= 11 is 0. The fourth-order valence-electron chi connectivity index (χ4n) is 0.928. The molecule has 0 rings (SSSR count). The van der Waals surface area contributed by atoms with E-state index in [4.69, 9.17) is 0 Å². The first-order valence-electron chi connectivity index (χ1n) is 6.29. The molecule has 0 aromatic rings. The third-order valence-corrected chi connectivity index (χ3v) is 2.06. The average Bonchev–Trinajstić information content (AvgIpc) is 2.62. The molecule has 0 aromatic carbocycles. The summed E-state index contributed by atoms with van der Waals surface area (Å²) in [5, 5.41) is 20.5. The molecule has 2 unspecified atom stereocenters. The second-order valence-electron chi connectivity index (χ2n) is 3.73. The van der Waals surface area contributed by atoms with Gasteiger partial charge in [0.15, 0.2) is 0 Å². The van der Waals surface area contributed by atoms with E-state index in [1.54, 1.807) is 0 Å². The maximum Gasteiger partial charge on any atom is 1.00 e. The van der Waals surface area contributed by atoms with Crippen LogP contribution >= 0.6 is 0 Å². The number of esters is 4. The van der Waals surface area contributed by atoms with E-state index in [1.807, 2.05) is 0 Å². The van der Waals surface area contributed by atoms with E-state index in [0.29, 0.717) is 0 Å². The number of ether oxygens (including phenoxy) is 4. The van der Waals surface area contributed by atoms with Gasteiger partial charge in [-0.3, -0.25) is 0 Å². The number of hydrogen-bond donors (Lipinski definition) is 0. The molecule has 0 aliphatic carbocycles. The Morgan fingerprint density at radius 1 is 0.714 bits per heavy atom. The molecular formula is C14H14K2O12. The van der Waals surface area contributed by atoms with Gasteiger partial charge in [0, 0.05) is 12.2 Å². The van der Waals surface area contributed by atoms with Crippen molar-refractivity contribution < 1.29 is 161 Å². The van der Waals surface area contributed by atoms with Crippen LogP contribution in [0.15, 0.2) is 25.3 Å². The van der Waals surface area contributed by atoms with E-state index in [1.165, 1.54) is 0 Å². The number of carboxylic acids is 2. The molecule has 0 N–H and O–H groups in total. The van der Waals surface area contributed by atoms with Crippen LogP contribution in [-0.4, -0.2) is 62.2 Å². The van der Waals surface area contributed by atoms with Crippen LogP contribution in [0.25, 0.3) is 0 Å². The standard InChI is InChI=1S/2C7H8O6.2K/c2*1-3-4(8)13-5(6(9)10)7(11)12-2;;/h2*3,5H,1H2,2H3,(H,9,10);;/q;;2*+1/p-2. The summed E-state index contributed by atoms with van der Waals surface area (Å²) < 4.78 is 16.3. The van der Waals surface area contributed by atoms with Crippen molar-refractivity contribution in [2.45, 2.75) is 12.2 Å². The van der Waals surface area contributed by atoms with Crippen LogP contribution in [0.3, 0.4) is 0 Å². The summed E-state index contributed by atoms with van der Waals surface area (Å²) in [6.45, 7) is 6.04. The minimum absolute atomic E-state index is 0. The summed E-state index contributed by atoms with van der Waals surface area (Å²) in [6, 6.07) is 0. The van der Waals surface area contributed by atoms with Crippen molar-refractivity contribution in [2.75, 3.05) is 14.2 Å². The molecule has 28 heavy (non-hydrogen) atoms. The molecule has 0 saturated carbocycles. The van der Waals surface area contributed by atoms with Crippen molar-refractivity contribution >= 4 is 35.8 Å². The molecule has 14 heteroatoms. The SMILES string of the molecule is C=CC(=O)OC(C(=O)[O-])C(=O)OC.C=CC(=O)OC(C(=O)[O-])C(=O)OC.[K+].[K+]. The smallest absolute Gasteiger partial charge is 0.545 e. The number of methoxy groups -OCH3 is 2. The average molecular weight is 452 g/mol. The van der Waals surface area contributed by atoms with Crippen LogP contribution < -0.4 is 113 Å². The Balaban J connectivity index is -0.000000192. The second kappa shape index (κ2) is 19.9. The number of carboxylic acid groups (broad SMARTS) is 2. The fourth-order valence-corrected chi connectivity index (χ4v) is 0.928. The van der Waals surface area contributed by atoms with Gasteiger partial charge >= 0.3 is 127 Å². The summed E-state index contributed by atoms with van der Waals surface area (Å²) in [5.74, 6) is -8.20. The third kappa shape index (κ3) is 15.5. The van der Waals surface area contributed by atoms with E-state index in [0.717, 1.165) is 26.4 Å². The van der Waals surface area contributed by atoms with Crippen LogP contribution in [0.4, 0.5) is 0 Å². The molecule has 2 atom stereocenters. The summed E-state index contributed by atoms with van der Waals surface area (Å²) in [5.41, 5.74) is 0. The Hall–Kier alpha value is -0.427. The Morgan fingerprint density at radius 2 is 0.964 bits per heavy atom. The van der Waals surface area contributed by atoms with Gasteiger partial charge in [-0.25, -0.2) is 19.2 Å². The van der Waals surface area contributed by atoms with Gasteiger partial charge in [-0.2, -0.15) is 0 Å². The minimum atomic E-state index is -2.05. The Bertz CT molecular complexity index is 549. The first-order valence-corrected chi connectivity index (χ1v) is 6.29. The number of rotatable bonds is 8. The van der Waals surface area contributed by atoms with Gasteiger partial charge in [0.05, 0.1) is 26.2 Å². The van der Waals surface area contributed by atoms with E-state index in [-0.39, 0.29) is 103 Å². The van der Waals surface area contributed by atoms with Crippen LogP contribution in [0.2, 0.25) is 0 Å². The van der Waals surface area contributed by atoms with Crippen molar-refractivity contribution in [1.29, 1.82) is 0 Å². The van der Waals surface area contributed by atoms with E-state index in [9.17, 15) is 39.0 Å². The van der Waals surface area contributed by atoms with Gasteiger partial charge in [-0.15, -0.1) is 0 Å². The van der Waals surface area contributed by atoms with E-state index in [2.05, 4.69) is 32.1 Å². The largest absolute Gasteiger partial charge is 1.00 e. The molecule has 0 aliphatic rings. The summed E-state index contributed by atoms with van der Waals surface area (Å²) in [6.07, 6.45) is -2.65.